The molecule has 0 aliphatic carbocycles. The number of allylic oxidation sites excluding steroid dienone is 1. The standard InChI is InChI=1S/C21H27O6PS/c1-2-3-4-6-17-9-13-19(14-10-17)20-15-11-18(12-16-20)7-5-8-21(28(22,23)24)29(25,26)27/h5,7,9-16,21H,2-4,6,8H2,1H3,(H2,22,23,24)(H,25,26,27). The summed E-state index contributed by atoms with van der Waals surface area (Å²) in [5.41, 5.74) is 4.20. The molecule has 0 heterocycles. The molecule has 29 heavy (non-hydrogen) atoms. The van der Waals surface area contributed by atoms with Gasteiger partial charge in [0.15, 0.2) is 4.99 Å². The number of hydrogen-bond donors (Lipinski definition) is 3. The number of rotatable bonds is 10. The van der Waals surface area contributed by atoms with E-state index in [1.54, 1.807) is 6.08 Å². The maximum atomic E-state index is 11.2. The van der Waals surface area contributed by atoms with Crippen molar-refractivity contribution < 1.29 is 27.3 Å². The first-order valence-electron chi connectivity index (χ1n) is 9.48. The minimum atomic E-state index is -4.97. The summed E-state index contributed by atoms with van der Waals surface area (Å²) < 4.78 is 42.5. The topological polar surface area (TPSA) is 112 Å². The van der Waals surface area contributed by atoms with Gasteiger partial charge in [-0.3, -0.25) is 9.12 Å². The van der Waals surface area contributed by atoms with Crippen LogP contribution in [0.4, 0.5) is 0 Å². The van der Waals surface area contributed by atoms with Crippen molar-refractivity contribution in [1.82, 2.24) is 0 Å². The van der Waals surface area contributed by atoms with Crippen LogP contribution >= 0.6 is 7.60 Å². The SMILES string of the molecule is CCCCCc1ccc(-c2ccc(C=CCC(P(=O)(O)O)S(=O)(=O)O)cc2)cc1. The zero-order valence-electron chi connectivity index (χ0n) is 16.3. The van der Waals surface area contributed by atoms with Gasteiger partial charge in [-0.1, -0.05) is 80.4 Å². The van der Waals surface area contributed by atoms with E-state index in [4.69, 9.17) is 14.3 Å². The van der Waals surface area contributed by atoms with Gasteiger partial charge in [0.2, 0.25) is 0 Å². The van der Waals surface area contributed by atoms with E-state index in [1.807, 2.05) is 24.3 Å². The Kier molecular flexibility index (Phi) is 8.37. The molecule has 158 valence electrons. The highest BCUT2D eigenvalue weighted by Gasteiger charge is 2.38. The zero-order chi connectivity index (χ0) is 21.5. The van der Waals surface area contributed by atoms with E-state index in [0.717, 1.165) is 23.1 Å². The Hall–Kier alpha value is -1.76. The van der Waals surface area contributed by atoms with E-state index < -0.39 is 29.1 Å². The number of hydrogen-bond acceptors (Lipinski definition) is 3. The third kappa shape index (κ3) is 7.53. The predicted molar refractivity (Wildman–Crippen MR) is 116 cm³/mol. The maximum Gasteiger partial charge on any atom is 0.346 e. The second-order valence-corrected chi connectivity index (χ2v) is 10.7. The monoisotopic (exact) mass is 438 g/mol. The van der Waals surface area contributed by atoms with Crippen LogP contribution in [0.3, 0.4) is 0 Å². The lowest BCUT2D eigenvalue weighted by Gasteiger charge is -2.13. The highest BCUT2D eigenvalue weighted by atomic mass is 32.2. The molecular weight excluding hydrogens is 411 g/mol. The molecule has 0 aliphatic heterocycles. The lowest BCUT2D eigenvalue weighted by atomic mass is 10.0. The smallest absolute Gasteiger partial charge is 0.323 e. The molecule has 0 amide bonds. The minimum absolute atomic E-state index is 0.482. The van der Waals surface area contributed by atoms with Crippen molar-refractivity contribution in [3.05, 3.63) is 65.7 Å². The van der Waals surface area contributed by atoms with Crippen LogP contribution in [0.5, 0.6) is 0 Å². The van der Waals surface area contributed by atoms with Gasteiger partial charge in [-0.25, -0.2) is 0 Å². The second-order valence-electron chi connectivity index (χ2n) is 6.97. The van der Waals surface area contributed by atoms with E-state index in [0.29, 0.717) is 0 Å². The largest absolute Gasteiger partial charge is 0.346 e. The van der Waals surface area contributed by atoms with Crippen molar-refractivity contribution in [2.75, 3.05) is 0 Å². The Balaban J connectivity index is 2.03. The normalized spacial score (nSPS) is 13.7. The molecule has 0 radical (unpaired) electrons. The summed E-state index contributed by atoms with van der Waals surface area (Å²) in [6, 6.07) is 16.0. The minimum Gasteiger partial charge on any atom is -0.323 e. The molecule has 0 saturated heterocycles. The van der Waals surface area contributed by atoms with Gasteiger partial charge in [0.25, 0.3) is 10.1 Å². The Bertz CT molecular complexity index is 959. The number of aryl methyl sites for hydroxylation is 1. The van der Waals surface area contributed by atoms with Crippen molar-refractivity contribution in [3.63, 3.8) is 0 Å². The molecular formula is C21H27O6PS. The Morgan fingerprint density at radius 1 is 0.966 bits per heavy atom. The molecule has 2 aromatic rings. The van der Waals surface area contributed by atoms with Crippen molar-refractivity contribution in [2.24, 2.45) is 0 Å². The van der Waals surface area contributed by atoms with Gasteiger partial charge in [-0.05, 0) is 41.5 Å². The molecule has 0 aromatic heterocycles. The van der Waals surface area contributed by atoms with E-state index in [2.05, 4.69) is 31.2 Å². The molecule has 1 unspecified atom stereocenters. The molecule has 0 spiro atoms. The Morgan fingerprint density at radius 3 is 2.00 bits per heavy atom. The molecule has 2 aromatic carbocycles. The highest BCUT2D eigenvalue weighted by Crippen LogP contribution is 2.45. The first-order chi connectivity index (χ1) is 13.6. The average molecular weight is 438 g/mol. The van der Waals surface area contributed by atoms with Crippen LogP contribution < -0.4 is 0 Å². The fourth-order valence-electron chi connectivity index (χ4n) is 2.98. The van der Waals surface area contributed by atoms with Crippen molar-refractivity contribution >= 4 is 23.8 Å². The summed E-state index contributed by atoms with van der Waals surface area (Å²) in [4.78, 5) is 16.0. The molecule has 2 rings (SSSR count). The third-order valence-corrected chi connectivity index (χ3v) is 8.10. The highest BCUT2D eigenvalue weighted by molar-refractivity contribution is 7.93. The molecule has 0 aliphatic rings. The van der Waals surface area contributed by atoms with Crippen molar-refractivity contribution in [1.29, 1.82) is 0 Å². The predicted octanol–water partition coefficient (Wildman–Crippen LogP) is 4.88. The summed E-state index contributed by atoms with van der Waals surface area (Å²) >= 11 is 0. The van der Waals surface area contributed by atoms with Crippen LogP contribution in [0.25, 0.3) is 17.2 Å². The first kappa shape index (κ1) is 23.5. The number of benzene rings is 2. The van der Waals surface area contributed by atoms with Crippen molar-refractivity contribution in [3.8, 4) is 11.1 Å². The molecule has 0 fully saturated rings. The van der Waals surface area contributed by atoms with Gasteiger partial charge in [-0.15, -0.1) is 0 Å². The van der Waals surface area contributed by atoms with Gasteiger partial charge >= 0.3 is 7.60 Å². The quantitative estimate of drug-likeness (QED) is 0.277. The fourth-order valence-corrected chi connectivity index (χ4v) is 5.12. The van der Waals surface area contributed by atoms with Gasteiger partial charge in [0, 0.05) is 0 Å². The van der Waals surface area contributed by atoms with Crippen LogP contribution in [0.1, 0.15) is 43.7 Å². The van der Waals surface area contributed by atoms with Crippen LogP contribution in [-0.4, -0.2) is 27.7 Å². The van der Waals surface area contributed by atoms with Crippen molar-refractivity contribution in [2.45, 2.75) is 44.0 Å². The zero-order valence-corrected chi connectivity index (χ0v) is 18.0. The number of unbranched alkanes of at least 4 members (excludes halogenated alkanes) is 2. The lowest BCUT2D eigenvalue weighted by molar-refractivity contribution is 0.364. The third-order valence-electron chi connectivity index (χ3n) is 4.63. The van der Waals surface area contributed by atoms with Gasteiger partial charge in [0.1, 0.15) is 0 Å². The Labute approximate surface area is 172 Å². The van der Waals surface area contributed by atoms with Crippen LogP contribution in [-0.2, 0) is 21.1 Å². The van der Waals surface area contributed by atoms with E-state index in [9.17, 15) is 13.0 Å². The maximum absolute atomic E-state index is 11.2. The van der Waals surface area contributed by atoms with E-state index >= 15 is 0 Å². The lowest BCUT2D eigenvalue weighted by Crippen LogP contribution is -2.19. The molecule has 0 saturated carbocycles. The fraction of sp³-hybridized carbons (Fsp3) is 0.333. The average Bonchev–Trinajstić information content (AvgIpc) is 2.64. The van der Waals surface area contributed by atoms with Crippen LogP contribution in [0.2, 0.25) is 0 Å². The summed E-state index contributed by atoms with van der Waals surface area (Å²) in [5.74, 6) is 0. The second kappa shape index (κ2) is 10.3. The molecule has 0 bridgehead atoms. The Morgan fingerprint density at radius 2 is 1.52 bits per heavy atom. The molecule has 3 N–H and O–H groups in total. The summed E-state index contributed by atoms with van der Waals surface area (Å²) in [6.45, 7) is 2.19. The van der Waals surface area contributed by atoms with Gasteiger partial charge < -0.3 is 9.79 Å². The van der Waals surface area contributed by atoms with Gasteiger partial charge in [0.05, 0.1) is 0 Å². The molecule has 1 atom stereocenters. The van der Waals surface area contributed by atoms with E-state index in [-0.39, 0.29) is 0 Å². The summed E-state index contributed by atoms with van der Waals surface area (Å²) in [5, 5.41) is 0. The summed E-state index contributed by atoms with van der Waals surface area (Å²) in [6.07, 6.45) is 7.12. The molecule has 8 heteroatoms. The summed E-state index contributed by atoms with van der Waals surface area (Å²) in [7, 11) is -9.81. The van der Waals surface area contributed by atoms with Crippen LogP contribution in [0, 0.1) is 0 Å². The van der Waals surface area contributed by atoms with E-state index in [1.165, 1.54) is 30.9 Å². The first-order valence-corrected chi connectivity index (χ1v) is 12.7. The van der Waals surface area contributed by atoms with Crippen LogP contribution in [0.15, 0.2) is 54.6 Å². The molecule has 6 nitrogen and oxygen atoms in total. The van der Waals surface area contributed by atoms with Gasteiger partial charge in [-0.2, -0.15) is 8.42 Å².